The lowest BCUT2D eigenvalue weighted by atomic mass is 9.76. The van der Waals surface area contributed by atoms with Gasteiger partial charge in [0.25, 0.3) is 0 Å². The molecule has 2 heteroatoms. The Kier molecular flexibility index (Phi) is 3.45. The summed E-state index contributed by atoms with van der Waals surface area (Å²) < 4.78 is 0. The Morgan fingerprint density at radius 3 is 2.48 bits per heavy atom. The van der Waals surface area contributed by atoms with Crippen LogP contribution in [0.4, 0.5) is 5.69 Å². The summed E-state index contributed by atoms with van der Waals surface area (Å²) in [4.78, 5) is 0. The summed E-state index contributed by atoms with van der Waals surface area (Å²) in [5.41, 5.74) is 4.66. The Balaban J connectivity index is 1.96. The van der Waals surface area contributed by atoms with Crippen LogP contribution < -0.4 is 5.32 Å². The van der Waals surface area contributed by atoms with Gasteiger partial charge in [-0.15, -0.1) is 0 Å². The van der Waals surface area contributed by atoms with Gasteiger partial charge < -0.3 is 10.4 Å². The quantitative estimate of drug-likeness (QED) is 0.607. The minimum absolute atomic E-state index is 0.123. The van der Waals surface area contributed by atoms with E-state index in [4.69, 9.17) is 0 Å². The number of aryl methyl sites for hydroxylation is 1. The molecule has 1 aliphatic heterocycles. The molecule has 0 aromatic heterocycles. The lowest BCUT2D eigenvalue weighted by Gasteiger charge is -2.43. The zero-order chi connectivity index (χ0) is 17.8. The normalized spacial score (nSPS) is 21.6. The maximum absolute atomic E-state index is 11.1. The van der Waals surface area contributed by atoms with Crippen molar-refractivity contribution in [1.82, 2.24) is 0 Å². The monoisotopic (exact) mass is 331 g/mol. The van der Waals surface area contributed by atoms with Crippen LogP contribution in [0.15, 0.2) is 54.6 Å². The first-order chi connectivity index (χ1) is 11.8. The maximum Gasteiger partial charge on any atom is 0.0910 e. The van der Waals surface area contributed by atoms with Crippen LogP contribution in [0.2, 0.25) is 0 Å². The molecule has 0 saturated heterocycles. The van der Waals surface area contributed by atoms with E-state index in [1.54, 1.807) is 0 Å². The van der Waals surface area contributed by atoms with Crippen molar-refractivity contribution in [3.8, 4) is 11.1 Å². The van der Waals surface area contributed by atoms with Gasteiger partial charge in [-0.3, -0.25) is 0 Å². The molecule has 0 saturated carbocycles. The summed E-state index contributed by atoms with van der Waals surface area (Å²) in [7, 11) is 0. The molecule has 25 heavy (non-hydrogen) atoms. The van der Waals surface area contributed by atoms with Crippen molar-refractivity contribution in [3.05, 3.63) is 65.7 Å². The SMILES string of the molecule is Cc1cc(-c2cccc3ccccc23)cc2c1NC(C)(C)CC2(C)O. The van der Waals surface area contributed by atoms with Crippen LogP contribution in [-0.2, 0) is 5.60 Å². The molecule has 0 bridgehead atoms. The first-order valence-corrected chi connectivity index (χ1v) is 8.91. The van der Waals surface area contributed by atoms with Crippen LogP contribution in [0.1, 0.15) is 38.3 Å². The van der Waals surface area contributed by atoms with E-state index in [-0.39, 0.29) is 5.54 Å². The van der Waals surface area contributed by atoms with Crippen LogP contribution in [0.3, 0.4) is 0 Å². The molecule has 1 unspecified atom stereocenters. The van der Waals surface area contributed by atoms with E-state index >= 15 is 0 Å². The molecule has 1 atom stereocenters. The van der Waals surface area contributed by atoms with Crippen molar-refractivity contribution in [1.29, 1.82) is 0 Å². The highest BCUT2D eigenvalue weighted by atomic mass is 16.3. The van der Waals surface area contributed by atoms with Gasteiger partial charge in [-0.2, -0.15) is 0 Å². The Morgan fingerprint density at radius 2 is 1.68 bits per heavy atom. The van der Waals surface area contributed by atoms with E-state index in [1.807, 2.05) is 6.92 Å². The molecule has 1 heterocycles. The molecule has 1 aliphatic rings. The van der Waals surface area contributed by atoms with Crippen molar-refractivity contribution in [2.45, 2.75) is 45.3 Å². The number of nitrogens with one attached hydrogen (secondary N) is 1. The van der Waals surface area contributed by atoms with Crippen molar-refractivity contribution in [2.75, 3.05) is 5.32 Å². The van der Waals surface area contributed by atoms with E-state index in [0.717, 1.165) is 16.8 Å². The first-order valence-electron chi connectivity index (χ1n) is 8.91. The highest BCUT2D eigenvalue weighted by Gasteiger charge is 2.39. The zero-order valence-electron chi connectivity index (χ0n) is 15.4. The largest absolute Gasteiger partial charge is 0.385 e. The minimum atomic E-state index is -0.838. The molecule has 0 aliphatic carbocycles. The van der Waals surface area contributed by atoms with Gasteiger partial charge in [-0.05, 0) is 67.3 Å². The Morgan fingerprint density at radius 1 is 0.960 bits per heavy atom. The van der Waals surface area contributed by atoms with Crippen LogP contribution in [0.5, 0.6) is 0 Å². The average molecular weight is 331 g/mol. The van der Waals surface area contributed by atoms with Crippen molar-refractivity contribution >= 4 is 16.5 Å². The Hall–Kier alpha value is -2.32. The summed E-state index contributed by atoms with van der Waals surface area (Å²) in [5, 5.41) is 17.2. The van der Waals surface area contributed by atoms with Gasteiger partial charge in [0.05, 0.1) is 5.60 Å². The van der Waals surface area contributed by atoms with Crippen LogP contribution >= 0.6 is 0 Å². The van der Waals surface area contributed by atoms with Gasteiger partial charge in [0.15, 0.2) is 0 Å². The third-order valence-corrected chi connectivity index (χ3v) is 5.27. The molecule has 2 nitrogen and oxygen atoms in total. The lowest BCUT2D eigenvalue weighted by Crippen LogP contribution is -2.44. The Bertz CT molecular complexity index is 964. The molecular weight excluding hydrogens is 306 g/mol. The topological polar surface area (TPSA) is 32.3 Å². The summed E-state index contributed by atoms with van der Waals surface area (Å²) in [5.74, 6) is 0. The standard InChI is InChI=1S/C23H25NO/c1-15-12-17(19-11-7-9-16-8-5-6-10-18(16)19)13-20-21(15)24-22(2,3)14-23(20,4)25/h5-13,24-25H,14H2,1-4H3. The van der Waals surface area contributed by atoms with Crippen LogP contribution in [0.25, 0.3) is 21.9 Å². The fraction of sp³-hybridized carbons (Fsp3) is 0.304. The van der Waals surface area contributed by atoms with Gasteiger partial charge in [0.1, 0.15) is 0 Å². The molecule has 2 N–H and O–H groups in total. The number of hydrogen-bond donors (Lipinski definition) is 2. The molecule has 0 spiro atoms. The van der Waals surface area contributed by atoms with E-state index in [2.05, 4.69) is 80.7 Å². The van der Waals surface area contributed by atoms with Crippen molar-refractivity contribution in [3.63, 3.8) is 0 Å². The second kappa shape index (κ2) is 5.34. The molecule has 0 fully saturated rings. The van der Waals surface area contributed by atoms with E-state index in [0.29, 0.717) is 6.42 Å². The summed E-state index contributed by atoms with van der Waals surface area (Å²) >= 11 is 0. The molecule has 0 radical (unpaired) electrons. The van der Waals surface area contributed by atoms with Gasteiger partial charge in [0.2, 0.25) is 0 Å². The van der Waals surface area contributed by atoms with Gasteiger partial charge >= 0.3 is 0 Å². The third kappa shape index (κ3) is 2.71. The van der Waals surface area contributed by atoms with E-state index in [9.17, 15) is 5.11 Å². The number of benzene rings is 3. The smallest absolute Gasteiger partial charge is 0.0910 e. The van der Waals surface area contributed by atoms with Crippen molar-refractivity contribution in [2.24, 2.45) is 0 Å². The summed E-state index contributed by atoms with van der Waals surface area (Å²) in [6.07, 6.45) is 0.686. The second-order valence-electron chi connectivity index (χ2n) is 8.20. The summed E-state index contributed by atoms with van der Waals surface area (Å²) in [6, 6.07) is 19.3. The molecule has 3 aromatic rings. The van der Waals surface area contributed by atoms with E-state index < -0.39 is 5.60 Å². The molecule has 3 aromatic carbocycles. The lowest BCUT2D eigenvalue weighted by molar-refractivity contribution is 0.0273. The van der Waals surface area contributed by atoms with Gasteiger partial charge in [0, 0.05) is 23.2 Å². The number of aliphatic hydroxyl groups is 1. The Labute approximate surface area is 149 Å². The minimum Gasteiger partial charge on any atom is -0.385 e. The highest BCUT2D eigenvalue weighted by Crippen LogP contribution is 2.45. The maximum atomic E-state index is 11.1. The molecule has 4 rings (SSSR count). The summed E-state index contributed by atoms with van der Waals surface area (Å²) in [6.45, 7) is 8.34. The number of hydrogen-bond acceptors (Lipinski definition) is 2. The third-order valence-electron chi connectivity index (χ3n) is 5.27. The highest BCUT2D eigenvalue weighted by molar-refractivity contribution is 5.97. The van der Waals surface area contributed by atoms with Crippen LogP contribution in [0, 0.1) is 6.92 Å². The average Bonchev–Trinajstić information content (AvgIpc) is 2.54. The van der Waals surface area contributed by atoms with Crippen molar-refractivity contribution < 1.29 is 5.11 Å². The molecule has 128 valence electrons. The number of anilines is 1. The van der Waals surface area contributed by atoms with Crippen LogP contribution in [-0.4, -0.2) is 10.6 Å². The predicted molar refractivity (Wildman–Crippen MR) is 106 cm³/mol. The zero-order valence-corrected chi connectivity index (χ0v) is 15.4. The number of fused-ring (bicyclic) bond motifs is 2. The first kappa shape index (κ1) is 16.2. The fourth-order valence-corrected chi connectivity index (χ4v) is 4.35. The molecule has 0 amide bonds. The predicted octanol–water partition coefficient (Wildman–Crippen LogP) is 5.62. The van der Waals surface area contributed by atoms with Gasteiger partial charge in [-0.1, -0.05) is 42.5 Å². The fourth-order valence-electron chi connectivity index (χ4n) is 4.35. The second-order valence-corrected chi connectivity index (χ2v) is 8.20. The van der Waals surface area contributed by atoms with Gasteiger partial charge in [-0.25, -0.2) is 0 Å². The molecular formula is C23H25NO. The van der Waals surface area contributed by atoms with E-state index in [1.165, 1.54) is 21.9 Å². The number of rotatable bonds is 1.